The number of hydrogen-bond acceptors (Lipinski definition) is 4. The third-order valence-corrected chi connectivity index (χ3v) is 3.79. The number of pyridine rings is 1. The Balaban J connectivity index is 1.42. The summed E-state index contributed by atoms with van der Waals surface area (Å²) in [5, 5.41) is 3.47. The Morgan fingerprint density at radius 1 is 1.32 bits per heavy atom. The van der Waals surface area contributed by atoms with Crippen LogP contribution in [0.4, 0.5) is 0 Å². The number of rotatable bonds is 8. The number of hydrogen-bond donors (Lipinski definition) is 1. The fraction of sp³-hybridized carbons (Fsp3) is 0.667. The predicted octanol–water partition coefficient (Wildman–Crippen LogP) is 1.81. The Labute approximate surface area is 115 Å². The van der Waals surface area contributed by atoms with Crippen LogP contribution in [0.2, 0.25) is 0 Å². The first-order chi connectivity index (χ1) is 9.31. The predicted molar refractivity (Wildman–Crippen MR) is 75.2 cm³/mol. The van der Waals surface area contributed by atoms with E-state index in [1.807, 2.05) is 12.1 Å². The second-order valence-corrected chi connectivity index (χ2v) is 5.68. The molecule has 1 N–H and O–H groups in total. The summed E-state index contributed by atoms with van der Waals surface area (Å²) >= 11 is 0. The Morgan fingerprint density at radius 2 is 2.16 bits per heavy atom. The van der Waals surface area contributed by atoms with Crippen molar-refractivity contribution in [1.29, 1.82) is 0 Å². The molecule has 19 heavy (non-hydrogen) atoms. The van der Waals surface area contributed by atoms with Gasteiger partial charge in [0.1, 0.15) is 6.61 Å². The fourth-order valence-electron chi connectivity index (χ4n) is 2.16. The van der Waals surface area contributed by atoms with Crippen LogP contribution in [-0.2, 0) is 6.54 Å². The van der Waals surface area contributed by atoms with Gasteiger partial charge in [-0.3, -0.25) is 0 Å². The van der Waals surface area contributed by atoms with E-state index in [1.165, 1.54) is 25.7 Å². The van der Waals surface area contributed by atoms with Crippen LogP contribution in [0.3, 0.4) is 0 Å². The molecule has 4 heteroatoms. The summed E-state index contributed by atoms with van der Waals surface area (Å²) in [6.07, 6.45) is 5.31. The van der Waals surface area contributed by atoms with Crippen molar-refractivity contribution in [2.24, 2.45) is 0 Å². The highest BCUT2D eigenvalue weighted by Gasteiger charge is 2.25. The second-order valence-electron chi connectivity index (χ2n) is 5.68. The molecule has 3 rings (SSSR count). The number of aromatic nitrogens is 1. The molecule has 0 bridgehead atoms. The van der Waals surface area contributed by atoms with E-state index in [4.69, 9.17) is 4.74 Å². The SMILES string of the molecule is CN(CCOc1cccc(CNC2CC2)n1)C1CC1. The van der Waals surface area contributed by atoms with E-state index < -0.39 is 0 Å². The monoisotopic (exact) mass is 261 g/mol. The summed E-state index contributed by atoms with van der Waals surface area (Å²) in [5.41, 5.74) is 1.07. The van der Waals surface area contributed by atoms with Gasteiger partial charge in [-0.1, -0.05) is 6.07 Å². The van der Waals surface area contributed by atoms with Crippen LogP contribution in [0.1, 0.15) is 31.4 Å². The number of nitrogens with one attached hydrogen (secondary N) is 1. The maximum absolute atomic E-state index is 5.74. The summed E-state index contributed by atoms with van der Waals surface area (Å²) in [7, 11) is 2.17. The molecule has 2 saturated carbocycles. The number of likely N-dealkylation sites (N-methyl/N-ethyl adjacent to an activating group) is 1. The van der Waals surface area contributed by atoms with E-state index in [0.29, 0.717) is 0 Å². The minimum absolute atomic E-state index is 0.721. The highest BCUT2D eigenvalue weighted by Crippen LogP contribution is 2.24. The lowest BCUT2D eigenvalue weighted by Gasteiger charge is -2.15. The van der Waals surface area contributed by atoms with E-state index in [-0.39, 0.29) is 0 Å². The molecule has 2 aliphatic rings. The first-order valence-corrected chi connectivity index (χ1v) is 7.33. The molecule has 104 valence electrons. The van der Waals surface area contributed by atoms with Gasteiger partial charge in [0.05, 0.1) is 5.69 Å². The van der Waals surface area contributed by atoms with Crippen LogP contribution in [0, 0.1) is 0 Å². The minimum atomic E-state index is 0.721. The third kappa shape index (κ3) is 4.18. The molecule has 0 amide bonds. The maximum Gasteiger partial charge on any atom is 0.213 e. The Hall–Kier alpha value is -1.13. The van der Waals surface area contributed by atoms with E-state index in [9.17, 15) is 0 Å². The zero-order chi connectivity index (χ0) is 13.1. The van der Waals surface area contributed by atoms with Crippen molar-refractivity contribution >= 4 is 0 Å². The molecule has 0 spiro atoms. The van der Waals surface area contributed by atoms with E-state index in [2.05, 4.69) is 28.3 Å². The van der Waals surface area contributed by atoms with Crippen LogP contribution < -0.4 is 10.1 Å². The van der Waals surface area contributed by atoms with Crippen molar-refractivity contribution in [3.8, 4) is 5.88 Å². The van der Waals surface area contributed by atoms with Crippen molar-refractivity contribution in [2.45, 2.75) is 44.3 Å². The van der Waals surface area contributed by atoms with Crippen LogP contribution in [0.5, 0.6) is 5.88 Å². The minimum Gasteiger partial charge on any atom is -0.476 e. The normalized spacial score (nSPS) is 18.8. The average molecular weight is 261 g/mol. The van der Waals surface area contributed by atoms with Gasteiger partial charge in [-0.05, 0) is 38.8 Å². The molecule has 2 fully saturated rings. The molecule has 0 atom stereocenters. The van der Waals surface area contributed by atoms with Gasteiger partial charge < -0.3 is 15.0 Å². The molecular weight excluding hydrogens is 238 g/mol. The highest BCUT2D eigenvalue weighted by atomic mass is 16.5. The van der Waals surface area contributed by atoms with Crippen molar-refractivity contribution in [2.75, 3.05) is 20.2 Å². The zero-order valence-electron chi connectivity index (χ0n) is 11.6. The van der Waals surface area contributed by atoms with Gasteiger partial charge in [-0.2, -0.15) is 0 Å². The summed E-state index contributed by atoms with van der Waals surface area (Å²) in [6.45, 7) is 2.56. The summed E-state index contributed by atoms with van der Waals surface area (Å²) in [6, 6.07) is 7.54. The molecule has 0 aliphatic heterocycles. The van der Waals surface area contributed by atoms with Crippen molar-refractivity contribution < 1.29 is 4.74 Å². The Morgan fingerprint density at radius 3 is 2.89 bits per heavy atom. The molecule has 4 nitrogen and oxygen atoms in total. The van der Waals surface area contributed by atoms with Crippen molar-refractivity contribution in [3.05, 3.63) is 23.9 Å². The third-order valence-electron chi connectivity index (χ3n) is 3.79. The molecule has 1 aromatic rings. The van der Waals surface area contributed by atoms with Crippen LogP contribution in [0.15, 0.2) is 18.2 Å². The molecule has 0 unspecified atom stereocenters. The molecule has 1 aromatic heterocycles. The maximum atomic E-state index is 5.74. The highest BCUT2D eigenvalue weighted by molar-refractivity contribution is 5.16. The smallest absolute Gasteiger partial charge is 0.213 e. The number of nitrogens with zero attached hydrogens (tertiary/aromatic N) is 2. The quantitative estimate of drug-likeness (QED) is 0.774. The summed E-state index contributed by atoms with van der Waals surface area (Å²) < 4.78 is 5.74. The largest absolute Gasteiger partial charge is 0.476 e. The topological polar surface area (TPSA) is 37.4 Å². The lowest BCUT2D eigenvalue weighted by atomic mass is 10.3. The Kier molecular flexibility index (Phi) is 3.99. The van der Waals surface area contributed by atoms with Gasteiger partial charge in [-0.15, -0.1) is 0 Å². The van der Waals surface area contributed by atoms with Gasteiger partial charge in [0.25, 0.3) is 0 Å². The van der Waals surface area contributed by atoms with Crippen LogP contribution in [0.25, 0.3) is 0 Å². The molecule has 0 saturated heterocycles. The van der Waals surface area contributed by atoms with Gasteiger partial charge in [-0.25, -0.2) is 4.98 Å². The van der Waals surface area contributed by atoms with Gasteiger partial charge in [0.15, 0.2) is 0 Å². The standard InChI is InChI=1S/C15H23N3O/c1-18(14-7-8-14)9-10-19-15-4-2-3-13(17-15)11-16-12-5-6-12/h2-4,12,14,16H,5-11H2,1H3. The lowest BCUT2D eigenvalue weighted by molar-refractivity contribution is 0.226. The summed E-state index contributed by atoms with van der Waals surface area (Å²) in [5.74, 6) is 0.749. The van der Waals surface area contributed by atoms with Gasteiger partial charge in [0.2, 0.25) is 5.88 Å². The number of ether oxygens (including phenoxy) is 1. The first-order valence-electron chi connectivity index (χ1n) is 7.33. The fourth-order valence-corrected chi connectivity index (χ4v) is 2.16. The lowest BCUT2D eigenvalue weighted by Crippen LogP contribution is -2.26. The first kappa shape index (κ1) is 12.9. The van der Waals surface area contributed by atoms with E-state index in [0.717, 1.165) is 43.4 Å². The molecule has 0 radical (unpaired) electrons. The molecule has 2 aliphatic carbocycles. The second kappa shape index (κ2) is 5.88. The summed E-state index contributed by atoms with van der Waals surface area (Å²) in [4.78, 5) is 6.90. The van der Waals surface area contributed by atoms with E-state index in [1.54, 1.807) is 0 Å². The zero-order valence-corrected chi connectivity index (χ0v) is 11.6. The van der Waals surface area contributed by atoms with E-state index >= 15 is 0 Å². The molecule has 0 aromatic carbocycles. The average Bonchev–Trinajstić information content (AvgIpc) is 3.30. The van der Waals surface area contributed by atoms with Crippen LogP contribution >= 0.6 is 0 Å². The van der Waals surface area contributed by atoms with Crippen molar-refractivity contribution in [3.63, 3.8) is 0 Å². The van der Waals surface area contributed by atoms with Gasteiger partial charge >= 0.3 is 0 Å². The van der Waals surface area contributed by atoms with Gasteiger partial charge in [0, 0.05) is 31.2 Å². The molecule has 1 heterocycles. The van der Waals surface area contributed by atoms with Crippen LogP contribution in [-0.4, -0.2) is 42.2 Å². The molecular formula is C15H23N3O. The van der Waals surface area contributed by atoms with Crippen molar-refractivity contribution in [1.82, 2.24) is 15.2 Å². The Bertz CT molecular complexity index is 416.